The summed E-state index contributed by atoms with van der Waals surface area (Å²) in [5.74, 6) is -0.591. The van der Waals surface area contributed by atoms with Crippen LogP contribution in [-0.4, -0.2) is 34.1 Å². The lowest BCUT2D eigenvalue weighted by Crippen LogP contribution is -2.29. The molecule has 1 aromatic heterocycles. The molecule has 2 aromatic rings. The number of ketones is 1. The molecule has 0 fully saturated rings. The van der Waals surface area contributed by atoms with Crippen molar-refractivity contribution in [1.82, 2.24) is 10.2 Å². The van der Waals surface area contributed by atoms with Gasteiger partial charge in [-0.15, -0.1) is 0 Å². The summed E-state index contributed by atoms with van der Waals surface area (Å²) >= 11 is 6.11. The van der Waals surface area contributed by atoms with E-state index in [1.54, 1.807) is 30.5 Å². The van der Waals surface area contributed by atoms with Crippen LogP contribution in [0.3, 0.4) is 0 Å². The molecule has 2 rings (SSSR count). The number of aromatic amines is 1. The van der Waals surface area contributed by atoms with Crippen molar-refractivity contribution in [3.63, 3.8) is 0 Å². The first-order chi connectivity index (χ1) is 11.4. The van der Waals surface area contributed by atoms with Crippen LogP contribution < -0.4 is 11.1 Å². The summed E-state index contributed by atoms with van der Waals surface area (Å²) < 4.78 is 4.64. The Morgan fingerprint density at radius 1 is 1.38 bits per heavy atom. The number of H-pyrrole nitrogens is 1. The molecule has 4 N–H and O–H groups in total. The molecule has 1 heterocycles. The van der Waals surface area contributed by atoms with E-state index in [0.717, 1.165) is 0 Å². The number of nitrogens with zero attached hydrogens (tertiary/aromatic N) is 1. The van der Waals surface area contributed by atoms with Gasteiger partial charge in [0.1, 0.15) is 0 Å². The van der Waals surface area contributed by atoms with Crippen LogP contribution in [0, 0.1) is 0 Å². The maximum Gasteiger partial charge on any atom is 0.405 e. The van der Waals surface area contributed by atoms with Crippen LogP contribution in [0.1, 0.15) is 22.8 Å². The zero-order valence-corrected chi connectivity index (χ0v) is 13.5. The van der Waals surface area contributed by atoms with E-state index in [9.17, 15) is 14.4 Å². The largest absolute Gasteiger partial charge is 0.439 e. The number of hydrogen-bond donors (Lipinski definition) is 3. The lowest BCUT2D eigenvalue weighted by atomic mass is 9.99. The molecule has 0 aliphatic heterocycles. The van der Waals surface area contributed by atoms with Gasteiger partial charge in [0.15, 0.2) is 17.7 Å². The van der Waals surface area contributed by atoms with Gasteiger partial charge in [0, 0.05) is 18.7 Å². The molecule has 0 unspecified atom stereocenters. The van der Waals surface area contributed by atoms with Crippen LogP contribution in [0.15, 0.2) is 30.5 Å². The average molecular weight is 351 g/mol. The number of ether oxygens (including phenoxy) is 1. The fraction of sp³-hybridized carbons (Fsp3) is 0.200. The molecule has 9 heteroatoms. The Hall–Kier alpha value is -2.87. The van der Waals surface area contributed by atoms with Gasteiger partial charge < -0.3 is 15.8 Å². The fourth-order valence-electron chi connectivity index (χ4n) is 2.05. The Bertz CT molecular complexity index is 761. The lowest BCUT2D eigenvalue weighted by molar-refractivity contribution is -0.125. The number of nitrogens with one attached hydrogen (secondary N) is 2. The van der Waals surface area contributed by atoms with Gasteiger partial charge in [-0.3, -0.25) is 14.7 Å². The number of carbonyl (C=O) groups is 3. The molecule has 0 saturated carbocycles. The number of amides is 2. The van der Waals surface area contributed by atoms with Crippen molar-refractivity contribution in [2.45, 2.75) is 19.4 Å². The zero-order chi connectivity index (χ0) is 17.7. The van der Waals surface area contributed by atoms with E-state index in [4.69, 9.17) is 17.3 Å². The van der Waals surface area contributed by atoms with Crippen molar-refractivity contribution in [3.8, 4) is 0 Å². The topological polar surface area (TPSA) is 127 Å². The Balaban J connectivity index is 2.21. The molecule has 0 saturated heterocycles. The predicted molar refractivity (Wildman–Crippen MR) is 86.8 cm³/mol. The second-order valence-electron chi connectivity index (χ2n) is 4.91. The molecule has 0 spiro atoms. The molecule has 1 aromatic carbocycles. The first-order valence-electron chi connectivity index (χ1n) is 6.95. The SMILES string of the molecule is C[C@H](OC(N)=O)C(=O)Cc1cccc(Cl)c1C(=O)Nc1cc[nH]n1. The second-order valence-corrected chi connectivity index (χ2v) is 5.32. The van der Waals surface area contributed by atoms with Crippen LogP contribution in [0.25, 0.3) is 0 Å². The minimum absolute atomic E-state index is 0.141. The highest BCUT2D eigenvalue weighted by Crippen LogP contribution is 2.22. The van der Waals surface area contributed by atoms with Crippen LogP contribution in [0.2, 0.25) is 5.02 Å². The average Bonchev–Trinajstić information content (AvgIpc) is 2.99. The van der Waals surface area contributed by atoms with E-state index in [2.05, 4.69) is 20.3 Å². The van der Waals surface area contributed by atoms with Gasteiger partial charge in [-0.25, -0.2) is 4.79 Å². The Morgan fingerprint density at radius 2 is 2.12 bits per heavy atom. The molecule has 0 bridgehead atoms. The lowest BCUT2D eigenvalue weighted by Gasteiger charge is -2.13. The number of hydrogen-bond acceptors (Lipinski definition) is 5. The number of primary amides is 1. The van der Waals surface area contributed by atoms with Gasteiger partial charge in [-0.2, -0.15) is 5.10 Å². The quantitative estimate of drug-likeness (QED) is 0.733. The summed E-state index contributed by atoms with van der Waals surface area (Å²) in [5, 5.41) is 9.16. The van der Waals surface area contributed by atoms with Crippen LogP contribution in [0.4, 0.5) is 10.6 Å². The van der Waals surface area contributed by atoms with Gasteiger partial charge in [0.05, 0.1) is 10.6 Å². The van der Waals surface area contributed by atoms with Crippen molar-refractivity contribution in [3.05, 3.63) is 46.6 Å². The van der Waals surface area contributed by atoms with Gasteiger partial charge in [0.2, 0.25) is 0 Å². The number of Topliss-reactive ketones (excluding diaryl/α,β-unsaturated/α-hetero) is 1. The molecule has 2 amide bonds. The summed E-state index contributed by atoms with van der Waals surface area (Å²) in [6.07, 6.45) is -0.657. The summed E-state index contributed by atoms with van der Waals surface area (Å²) in [6, 6.07) is 6.33. The second kappa shape index (κ2) is 7.60. The van der Waals surface area contributed by atoms with Crippen LogP contribution >= 0.6 is 11.6 Å². The zero-order valence-electron chi connectivity index (χ0n) is 12.7. The number of anilines is 1. The summed E-state index contributed by atoms with van der Waals surface area (Å²) in [7, 11) is 0. The van der Waals surface area contributed by atoms with Gasteiger partial charge in [0.25, 0.3) is 5.91 Å². The normalized spacial score (nSPS) is 11.6. The monoisotopic (exact) mass is 350 g/mol. The highest BCUT2D eigenvalue weighted by atomic mass is 35.5. The van der Waals surface area contributed by atoms with Crippen molar-refractivity contribution >= 4 is 35.2 Å². The van der Waals surface area contributed by atoms with E-state index in [0.29, 0.717) is 11.4 Å². The van der Waals surface area contributed by atoms with Crippen molar-refractivity contribution in [1.29, 1.82) is 0 Å². The first-order valence-corrected chi connectivity index (χ1v) is 7.33. The number of aromatic nitrogens is 2. The van der Waals surface area contributed by atoms with Crippen LogP contribution in [0.5, 0.6) is 0 Å². The number of carbonyl (C=O) groups excluding carboxylic acids is 3. The minimum atomic E-state index is -1.04. The molecule has 0 radical (unpaired) electrons. The van der Waals surface area contributed by atoms with E-state index < -0.39 is 23.9 Å². The standard InChI is InChI=1S/C15H15ClN4O4/c1-8(24-15(17)23)11(21)7-9-3-2-4-10(16)13(9)14(22)19-12-5-6-18-20-12/h2-6,8H,7H2,1H3,(H2,17,23)(H2,18,19,20,22)/t8-/m0/s1. The van der Waals surface area contributed by atoms with Gasteiger partial charge in [-0.1, -0.05) is 23.7 Å². The number of nitrogens with two attached hydrogens (primary N) is 1. The van der Waals surface area contributed by atoms with Crippen molar-refractivity contribution in [2.75, 3.05) is 5.32 Å². The Labute approximate surface area is 142 Å². The fourth-order valence-corrected chi connectivity index (χ4v) is 2.33. The van der Waals surface area contributed by atoms with Crippen molar-refractivity contribution in [2.24, 2.45) is 5.73 Å². The van der Waals surface area contributed by atoms with Gasteiger partial charge >= 0.3 is 6.09 Å². The first kappa shape index (κ1) is 17.5. The summed E-state index contributed by atoms with van der Waals surface area (Å²) in [4.78, 5) is 35.3. The molecule has 1 atom stereocenters. The molecule has 0 aliphatic rings. The third kappa shape index (κ3) is 4.32. The summed E-state index contributed by atoms with van der Waals surface area (Å²) in [5.41, 5.74) is 5.45. The molecule has 8 nitrogen and oxygen atoms in total. The number of rotatable bonds is 6. The third-order valence-corrected chi connectivity index (χ3v) is 3.50. The molecule has 0 aliphatic carbocycles. The summed E-state index contributed by atoms with van der Waals surface area (Å²) in [6.45, 7) is 1.40. The Kier molecular flexibility index (Phi) is 5.54. The third-order valence-electron chi connectivity index (χ3n) is 3.18. The smallest absolute Gasteiger partial charge is 0.405 e. The maximum absolute atomic E-state index is 12.4. The Morgan fingerprint density at radius 3 is 2.75 bits per heavy atom. The molecule has 126 valence electrons. The molecule has 24 heavy (non-hydrogen) atoms. The van der Waals surface area contributed by atoms with Gasteiger partial charge in [-0.05, 0) is 18.6 Å². The number of benzene rings is 1. The van der Waals surface area contributed by atoms with E-state index in [1.807, 2.05) is 0 Å². The highest BCUT2D eigenvalue weighted by molar-refractivity contribution is 6.34. The maximum atomic E-state index is 12.4. The van der Waals surface area contributed by atoms with E-state index >= 15 is 0 Å². The van der Waals surface area contributed by atoms with Crippen molar-refractivity contribution < 1.29 is 19.1 Å². The van der Waals surface area contributed by atoms with E-state index in [-0.39, 0.29) is 17.0 Å². The highest BCUT2D eigenvalue weighted by Gasteiger charge is 2.22. The minimum Gasteiger partial charge on any atom is -0.439 e. The molecular weight excluding hydrogens is 336 g/mol. The van der Waals surface area contributed by atoms with Crippen LogP contribution in [-0.2, 0) is 16.0 Å². The molecular formula is C15H15ClN4O4. The van der Waals surface area contributed by atoms with E-state index in [1.165, 1.54) is 6.92 Å². The number of halogens is 1. The predicted octanol–water partition coefficient (Wildman–Crippen LogP) is 1.91.